The van der Waals surface area contributed by atoms with Crippen LogP contribution in [0.5, 0.6) is 0 Å². The fraction of sp³-hybridized carbons (Fsp3) is 0.286. The number of nitrogens with zero attached hydrogens (tertiary/aromatic N) is 7. The monoisotopic (exact) mass is 490 g/mol. The molecule has 3 aliphatic carbocycles. The van der Waals surface area contributed by atoms with Gasteiger partial charge in [0.2, 0.25) is 5.71 Å². The number of aromatic nitrogens is 7. The Labute approximate surface area is 212 Å². The van der Waals surface area contributed by atoms with Gasteiger partial charge in [-0.05, 0) is 60.4 Å². The second kappa shape index (κ2) is 7.88. The van der Waals surface area contributed by atoms with Crippen molar-refractivity contribution in [3.63, 3.8) is 0 Å². The third-order valence-electron chi connectivity index (χ3n) is 8.01. The largest absolute Gasteiger partial charge is 0.447 e. The quantitative estimate of drug-likeness (QED) is 0.339. The molecule has 0 saturated heterocycles. The molecular weight excluding hydrogens is 464 g/mol. The number of pyridine rings is 2. The Hall–Kier alpha value is -4.24. The van der Waals surface area contributed by atoms with E-state index in [2.05, 4.69) is 49.5 Å². The summed E-state index contributed by atoms with van der Waals surface area (Å²) in [6, 6.07) is 10.3. The minimum Gasteiger partial charge on any atom is -0.447 e. The molecule has 6 heterocycles. The Bertz CT molecular complexity index is 1740. The molecular formula is C28H26N8O. The molecule has 2 bridgehead atoms. The van der Waals surface area contributed by atoms with Gasteiger partial charge in [0, 0.05) is 48.8 Å². The van der Waals surface area contributed by atoms with Gasteiger partial charge in [0.25, 0.3) is 0 Å². The number of furan rings is 1. The van der Waals surface area contributed by atoms with Crippen LogP contribution in [0.3, 0.4) is 0 Å². The van der Waals surface area contributed by atoms with Crippen LogP contribution in [0.2, 0.25) is 0 Å². The van der Waals surface area contributed by atoms with Crippen LogP contribution in [-0.2, 0) is 13.1 Å². The average Bonchev–Trinajstić information content (AvgIpc) is 3.64. The van der Waals surface area contributed by atoms with Gasteiger partial charge in [-0.25, -0.2) is 9.67 Å². The minimum atomic E-state index is 0.545. The van der Waals surface area contributed by atoms with E-state index in [1.165, 1.54) is 24.8 Å². The van der Waals surface area contributed by atoms with Gasteiger partial charge in [-0.2, -0.15) is 0 Å². The number of hydrogen-bond donors (Lipinski definition) is 1. The lowest BCUT2D eigenvalue weighted by atomic mass is 9.44. The SMILES string of the molecule is c1cc2ccn(-c3cncc(-c4cn(Cc5cn6cc(CNCC78CC(C7)C8)ccc6n5)nn4)c3)c2o1. The fourth-order valence-electron chi connectivity index (χ4n) is 6.05. The van der Waals surface area contributed by atoms with Crippen molar-refractivity contribution in [2.24, 2.45) is 11.3 Å². The third kappa shape index (κ3) is 3.57. The molecule has 0 amide bonds. The highest BCUT2D eigenvalue weighted by molar-refractivity contribution is 5.77. The summed E-state index contributed by atoms with van der Waals surface area (Å²) in [6.45, 7) is 2.58. The highest BCUT2D eigenvalue weighted by Crippen LogP contribution is 2.63. The van der Waals surface area contributed by atoms with Crippen LogP contribution in [0.1, 0.15) is 30.5 Å². The van der Waals surface area contributed by atoms with E-state index >= 15 is 0 Å². The molecule has 0 unspecified atom stereocenters. The van der Waals surface area contributed by atoms with Gasteiger partial charge in [0.05, 0.1) is 36.6 Å². The first kappa shape index (κ1) is 20.9. The summed E-state index contributed by atoms with van der Waals surface area (Å²) in [5, 5.41) is 13.5. The number of fused-ring (bicyclic) bond motifs is 2. The molecule has 0 spiro atoms. The van der Waals surface area contributed by atoms with E-state index < -0.39 is 0 Å². The van der Waals surface area contributed by atoms with Gasteiger partial charge in [0.1, 0.15) is 11.3 Å². The average molecular weight is 491 g/mol. The van der Waals surface area contributed by atoms with Crippen molar-refractivity contribution in [1.29, 1.82) is 0 Å². The lowest BCUT2D eigenvalue weighted by Crippen LogP contribution is -2.56. The van der Waals surface area contributed by atoms with E-state index in [1.807, 2.05) is 46.0 Å². The van der Waals surface area contributed by atoms with Crippen molar-refractivity contribution in [1.82, 2.24) is 39.2 Å². The van der Waals surface area contributed by atoms with Crippen molar-refractivity contribution >= 4 is 16.7 Å². The Kier molecular flexibility index (Phi) is 4.45. The molecule has 0 aliphatic heterocycles. The maximum absolute atomic E-state index is 5.62. The van der Waals surface area contributed by atoms with Crippen molar-refractivity contribution in [3.05, 3.63) is 85.0 Å². The van der Waals surface area contributed by atoms with E-state index in [9.17, 15) is 0 Å². The summed E-state index contributed by atoms with van der Waals surface area (Å²) in [4.78, 5) is 9.20. The second-order valence-corrected chi connectivity index (χ2v) is 10.7. The summed E-state index contributed by atoms with van der Waals surface area (Å²) < 4.78 is 11.5. The molecule has 9 heteroatoms. The van der Waals surface area contributed by atoms with Gasteiger partial charge < -0.3 is 14.1 Å². The Morgan fingerprint density at radius 3 is 2.89 bits per heavy atom. The van der Waals surface area contributed by atoms with E-state index in [1.54, 1.807) is 12.5 Å². The third-order valence-corrected chi connectivity index (χ3v) is 8.01. The molecule has 1 N–H and O–H groups in total. The highest BCUT2D eigenvalue weighted by Gasteiger charge is 2.55. The van der Waals surface area contributed by atoms with Gasteiger partial charge in [-0.1, -0.05) is 11.3 Å². The van der Waals surface area contributed by atoms with E-state index in [4.69, 9.17) is 9.40 Å². The topological polar surface area (TPSA) is 91.0 Å². The summed E-state index contributed by atoms with van der Waals surface area (Å²) in [5.74, 6) is 1.03. The van der Waals surface area contributed by atoms with Crippen molar-refractivity contribution in [2.75, 3.05) is 6.54 Å². The maximum Gasteiger partial charge on any atom is 0.211 e. The zero-order valence-corrected chi connectivity index (χ0v) is 20.3. The molecule has 3 fully saturated rings. The molecule has 9 rings (SSSR count). The van der Waals surface area contributed by atoms with Crippen LogP contribution in [0, 0.1) is 11.3 Å². The van der Waals surface area contributed by atoms with Crippen LogP contribution in [0.15, 0.2) is 78.2 Å². The smallest absolute Gasteiger partial charge is 0.211 e. The Balaban J connectivity index is 0.976. The summed E-state index contributed by atoms with van der Waals surface area (Å²) in [6.07, 6.45) is 17.7. The van der Waals surface area contributed by atoms with Crippen molar-refractivity contribution in [3.8, 4) is 16.9 Å². The lowest BCUT2D eigenvalue weighted by molar-refractivity contribution is -0.103. The first-order valence-electron chi connectivity index (χ1n) is 12.8. The zero-order valence-electron chi connectivity index (χ0n) is 20.3. The van der Waals surface area contributed by atoms with E-state index in [-0.39, 0.29) is 0 Å². The fourth-order valence-corrected chi connectivity index (χ4v) is 6.05. The van der Waals surface area contributed by atoms with Crippen LogP contribution in [0.25, 0.3) is 33.7 Å². The highest BCUT2D eigenvalue weighted by atomic mass is 16.3. The molecule has 3 aliphatic rings. The van der Waals surface area contributed by atoms with E-state index in [0.717, 1.165) is 58.4 Å². The number of hydrogen-bond acceptors (Lipinski definition) is 6. The second-order valence-electron chi connectivity index (χ2n) is 10.7. The molecule has 0 atom stereocenters. The number of rotatable bonds is 8. The predicted molar refractivity (Wildman–Crippen MR) is 138 cm³/mol. The predicted octanol–water partition coefficient (Wildman–Crippen LogP) is 4.46. The lowest BCUT2D eigenvalue weighted by Gasteiger charge is -2.62. The molecule has 0 aromatic carbocycles. The minimum absolute atomic E-state index is 0.545. The number of imidazole rings is 1. The van der Waals surface area contributed by atoms with Gasteiger partial charge in [-0.15, -0.1) is 5.10 Å². The summed E-state index contributed by atoms with van der Waals surface area (Å²) in [7, 11) is 0. The van der Waals surface area contributed by atoms with Crippen molar-refractivity contribution < 1.29 is 4.42 Å². The van der Waals surface area contributed by atoms with Gasteiger partial charge >= 0.3 is 0 Å². The standard InChI is InChI=1S/C28H26N8O/c1-2-26-31-23(15-34(26)14-19(1)11-30-18-28-8-20(9-28)10-28)16-35-17-25(32-33-35)22-7-24(13-29-12-22)36-5-3-21-4-6-37-27(21)36/h1-7,12-15,17,20,30H,8-11,16,18H2. The van der Waals surface area contributed by atoms with Gasteiger partial charge in [0.15, 0.2) is 0 Å². The Morgan fingerprint density at radius 2 is 2.00 bits per heavy atom. The molecule has 184 valence electrons. The van der Waals surface area contributed by atoms with Gasteiger partial charge in [-0.3, -0.25) is 9.55 Å². The van der Waals surface area contributed by atoms with Crippen molar-refractivity contribution in [2.45, 2.75) is 32.4 Å². The van der Waals surface area contributed by atoms with E-state index in [0.29, 0.717) is 12.0 Å². The first-order valence-corrected chi connectivity index (χ1v) is 12.8. The molecule has 37 heavy (non-hydrogen) atoms. The van der Waals surface area contributed by atoms with Crippen LogP contribution in [0.4, 0.5) is 0 Å². The zero-order chi connectivity index (χ0) is 24.4. The molecule has 6 aromatic rings. The molecule has 0 radical (unpaired) electrons. The molecule has 9 nitrogen and oxygen atoms in total. The Morgan fingerprint density at radius 1 is 1.05 bits per heavy atom. The molecule has 6 aromatic heterocycles. The normalized spacial score (nSPS) is 20.4. The molecule has 3 saturated carbocycles. The maximum atomic E-state index is 5.62. The first-order chi connectivity index (χ1) is 18.2. The van der Waals surface area contributed by atoms with Crippen LogP contribution >= 0.6 is 0 Å². The van der Waals surface area contributed by atoms with Crippen LogP contribution < -0.4 is 5.32 Å². The summed E-state index contributed by atoms with van der Waals surface area (Å²) >= 11 is 0. The summed E-state index contributed by atoms with van der Waals surface area (Å²) in [5.41, 5.74) is 7.13. The number of nitrogens with one attached hydrogen (secondary N) is 1. The van der Waals surface area contributed by atoms with Crippen LogP contribution in [-0.4, -0.2) is 40.5 Å².